The van der Waals surface area contributed by atoms with Crippen LogP contribution in [-0.2, 0) is 6.54 Å². The summed E-state index contributed by atoms with van der Waals surface area (Å²) >= 11 is 10.9. The Morgan fingerprint density at radius 2 is 2.21 bits per heavy atom. The summed E-state index contributed by atoms with van der Waals surface area (Å²) in [4.78, 5) is 15.0. The molecule has 1 amide bonds. The summed E-state index contributed by atoms with van der Waals surface area (Å²) in [5.74, 6) is -0.135. The van der Waals surface area contributed by atoms with E-state index in [0.29, 0.717) is 22.8 Å². The Labute approximate surface area is 129 Å². The number of nitrogen functional groups attached to an aromatic ring is 1. The minimum atomic E-state index is -0.135. The molecule has 100 valence electrons. The van der Waals surface area contributed by atoms with Crippen LogP contribution in [0.15, 0.2) is 34.1 Å². The Bertz CT molecular complexity index is 614. The third-order valence-corrected chi connectivity index (χ3v) is 4.52. The Kier molecular flexibility index (Phi) is 4.50. The van der Waals surface area contributed by atoms with Crippen molar-refractivity contribution in [2.75, 3.05) is 12.8 Å². The van der Waals surface area contributed by atoms with Gasteiger partial charge in [0, 0.05) is 32.5 Å². The lowest BCUT2D eigenvalue weighted by atomic mass is 10.1. The Morgan fingerprint density at radius 3 is 2.84 bits per heavy atom. The van der Waals surface area contributed by atoms with Crippen molar-refractivity contribution in [3.63, 3.8) is 0 Å². The summed E-state index contributed by atoms with van der Waals surface area (Å²) in [5.41, 5.74) is 6.69. The fourth-order valence-corrected chi connectivity index (χ4v) is 3.34. The first kappa shape index (κ1) is 14.4. The van der Waals surface area contributed by atoms with Crippen molar-refractivity contribution in [3.05, 3.63) is 49.6 Å². The Hall–Kier alpha value is -1.04. The first-order valence-electron chi connectivity index (χ1n) is 5.51. The summed E-state index contributed by atoms with van der Waals surface area (Å²) in [6.45, 7) is 0.543. The first-order chi connectivity index (χ1) is 8.97. The molecule has 2 N–H and O–H groups in total. The molecule has 0 aliphatic rings. The number of hydrogen-bond acceptors (Lipinski definition) is 3. The molecule has 0 unspecified atom stereocenters. The smallest absolute Gasteiger partial charge is 0.256 e. The molecule has 0 saturated carbocycles. The zero-order chi connectivity index (χ0) is 14.0. The molecule has 2 rings (SSSR count). The monoisotopic (exact) mass is 358 g/mol. The zero-order valence-electron chi connectivity index (χ0n) is 10.2. The summed E-state index contributed by atoms with van der Waals surface area (Å²) in [6, 6.07) is 6.91. The van der Waals surface area contributed by atoms with E-state index in [0.717, 1.165) is 9.35 Å². The highest BCUT2D eigenvalue weighted by molar-refractivity contribution is 9.10. The molecule has 0 spiro atoms. The minimum absolute atomic E-state index is 0.135. The van der Waals surface area contributed by atoms with Gasteiger partial charge in [-0.25, -0.2) is 0 Å². The van der Waals surface area contributed by atoms with Gasteiger partial charge in [-0.05, 0) is 40.2 Å². The quantitative estimate of drug-likeness (QED) is 0.841. The molecular formula is C13H12BrClN2OS. The Morgan fingerprint density at radius 1 is 1.47 bits per heavy atom. The molecule has 0 bridgehead atoms. The highest BCUT2D eigenvalue weighted by atomic mass is 79.9. The number of halogens is 2. The van der Waals surface area contributed by atoms with Gasteiger partial charge in [0.15, 0.2) is 0 Å². The predicted molar refractivity (Wildman–Crippen MR) is 83.7 cm³/mol. The van der Waals surface area contributed by atoms with Crippen LogP contribution < -0.4 is 5.73 Å². The van der Waals surface area contributed by atoms with Crippen LogP contribution in [-0.4, -0.2) is 17.9 Å². The number of nitrogens with two attached hydrogens (primary N) is 1. The van der Waals surface area contributed by atoms with Crippen LogP contribution >= 0.6 is 38.9 Å². The van der Waals surface area contributed by atoms with Gasteiger partial charge in [-0.2, -0.15) is 0 Å². The number of carbonyl (C=O) groups is 1. The van der Waals surface area contributed by atoms with Crippen LogP contribution in [0.4, 0.5) is 5.69 Å². The summed E-state index contributed by atoms with van der Waals surface area (Å²) in [6.07, 6.45) is 0. The normalized spacial score (nSPS) is 10.5. The van der Waals surface area contributed by atoms with E-state index in [1.165, 1.54) is 0 Å². The molecule has 2 aromatic rings. The van der Waals surface area contributed by atoms with Crippen LogP contribution in [0.5, 0.6) is 0 Å². The number of thiophene rings is 1. The van der Waals surface area contributed by atoms with Crippen molar-refractivity contribution < 1.29 is 4.79 Å². The van der Waals surface area contributed by atoms with Crippen molar-refractivity contribution in [1.82, 2.24) is 4.90 Å². The third-order valence-electron chi connectivity index (χ3n) is 2.61. The van der Waals surface area contributed by atoms with Gasteiger partial charge in [-0.15, -0.1) is 11.3 Å². The van der Waals surface area contributed by atoms with Crippen LogP contribution in [0.1, 0.15) is 15.2 Å². The molecule has 0 atom stereocenters. The summed E-state index contributed by atoms with van der Waals surface area (Å²) in [7, 11) is 1.75. The third kappa shape index (κ3) is 3.49. The Balaban J connectivity index is 2.16. The SMILES string of the molecule is CN(Cc1cc(Br)cs1)C(=O)c1cc(Cl)ccc1N. The summed E-state index contributed by atoms with van der Waals surface area (Å²) < 4.78 is 1.02. The van der Waals surface area contributed by atoms with Gasteiger partial charge < -0.3 is 10.6 Å². The van der Waals surface area contributed by atoms with Crippen molar-refractivity contribution in [2.24, 2.45) is 0 Å². The summed E-state index contributed by atoms with van der Waals surface area (Å²) in [5, 5.41) is 2.49. The van der Waals surface area contributed by atoms with Crippen molar-refractivity contribution in [1.29, 1.82) is 0 Å². The highest BCUT2D eigenvalue weighted by Gasteiger charge is 2.16. The van der Waals surface area contributed by atoms with Gasteiger partial charge in [0.1, 0.15) is 0 Å². The lowest BCUT2D eigenvalue weighted by Gasteiger charge is -2.17. The van der Waals surface area contributed by atoms with E-state index in [-0.39, 0.29) is 5.91 Å². The van der Waals surface area contributed by atoms with Gasteiger partial charge in [-0.1, -0.05) is 11.6 Å². The van der Waals surface area contributed by atoms with Crippen molar-refractivity contribution in [2.45, 2.75) is 6.54 Å². The first-order valence-corrected chi connectivity index (χ1v) is 7.56. The molecule has 0 saturated heterocycles. The van der Waals surface area contributed by atoms with Crippen LogP contribution in [0, 0.1) is 0 Å². The van der Waals surface area contributed by atoms with Gasteiger partial charge >= 0.3 is 0 Å². The highest BCUT2D eigenvalue weighted by Crippen LogP contribution is 2.23. The van der Waals surface area contributed by atoms with E-state index in [9.17, 15) is 4.79 Å². The molecule has 1 aromatic carbocycles. The van der Waals surface area contributed by atoms with E-state index in [2.05, 4.69) is 15.9 Å². The molecule has 0 fully saturated rings. The molecule has 6 heteroatoms. The van der Waals surface area contributed by atoms with E-state index in [4.69, 9.17) is 17.3 Å². The molecule has 0 aliphatic carbocycles. The number of carbonyl (C=O) groups excluding carboxylic acids is 1. The van der Waals surface area contributed by atoms with Gasteiger partial charge in [0.05, 0.1) is 12.1 Å². The minimum Gasteiger partial charge on any atom is -0.398 e. The van der Waals surface area contributed by atoms with Crippen molar-refractivity contribution >= 4 is 50.5 Å². The molecule has 1 aromatic heterocycles. The number of benzene rings is 1. The second kappa shape index (κ2) is 5.94. The predicted octanol–water partition coefficient (Wildman–Crippen LogP) is 4.02. The molecule has 0 radical (unpaired) electrons. The number of anilines is 1. The number of rotatable bonds is 3. The van der Waals surface area contributed by atoms with E-state index in [1.807, 2.05) is 11.4 Å². The number of hydrogen-bond donors (Lipinski definition) is 1. The molecule has 0 aliphatic heterocycles. The maximum atomic E-state index is 12.3. The van der Waals surface area contributed by atoms with Crippen LogP contribution in [0.25, 0.3) is 0 Å². The van der Waals surface area contributed by atoms with Gasteiger partial charge in [0.2, 0.25) is 0 Å². The average molecular weight is 360 g/mol. The number of amides is 1. The van der Waals surface area contributed by atoms with E-state index in [1.54, 1.807) is 41.5 Å². The van der Waals surface area contributed by atoms with Gasteiger partial charge in [-0.3, -0.25) is 4.79 Å². The van der Waals surface area contributed by atoms with Crippen LogP contribution in [0.3, 0.4) is 0 Å². The average Bonchev–Trinajstić information content (AvgIpc) is 2.77. The lowest BCUT2D eigenvalue weighted by Crippen LogP contribution is -2.26. The molecule has 3 nitrogen and oxygen atoms in total. The maximum absolute atomic E-state index is 12.3. The number of nitrogens with zero attached hydrogens (tertiary/aromatic N) is 1. The van der Waals surface area contributed by atoms with Crippen LogP contribution in [0.2, 0.25) is 5.02 Å². The fraction of sp³-hybridized carbons (Fsp3) is 0.154. The molecule has 19 heavy (non-hydrogen) atoms. The fourth-order valence-electron chi connectivity index (χ4n) is 1.66. The second-order valence-corrected chi connectivity index (χ2v) is 6.47. The largest absolute Gasteiger partial charge is 0.398 e. The second-order valence-electron chi connectivity index (χ2n) is 4.12. The van der Waals surface area contributed by atoms with Crippen molar-refractivity contribution in [3.8, 4) is 0 Å². The molecule has 1 heterocycles. The van der Waals surface area contributed by atoms with Gasteiger partial charge in [0.25, 0.3) is 5.91 Å². The van der Waals surface area contributed by atoms with E-state index < -0.39 is 0 Å². The lowest BCUT2D eigenvalue weighted by molar-refractivity contribution is 0.0787. The molecular weight excluding hydrogens is 348 g/mol. The maximum Gasteiger partial charge on any atom is 0.256 e. The standard InChI is InChI=1S/C13H12BrClN2OS/c1-17(6-10-4-8(14)7-19-10)13(18)11-5-9(15)2-3-12(11)16/h2-5,7H,6,16H2,1H3. The van der Waals surface area contributed by atoms with E-state index >= 15 is 0 Å². The topological polar surface area (TPSA) is 46.3 Å². The zero-order valence-corrected chi connectivity index (χ0v) is 13.3.